The van der Waals surface area contributed by atoms with Crippen LogP contribution >= 0.6 is 0 Å². The van der Waals surface area contributed by atoms with Gasteiger partial charge in [0.1, 0.15) is 35.3 Å². The zero-order valence-corrected chi connectivity index (χ0v) is 30.1. The number of halogens is 5. The Kier molecular flexibility index (Phi) is 10.4. The van der Waals surface area contributed by atoms with Crippen molar-refractivity contribution in [1.82, 2.24) is 14.9 Å². The second-order valence-corrected chi connectivity index (χ2v) is 15.3. The van der Waals surface area contributed by atoms with Crippen LogP contribution in [-0.2, 0) is 29.2 Å². The predicted octanol–water partition coefficient (Wildman–Crippen LogP) is 7.21. The monoisotopic (exact) mass is 745 g/mol. The van der Waals surface area contributed by atoms with E-state index in [-0.39, 0.29) is 24.0 Å². The highest BCUT2D eigenvalue weighted by Gasteiger charge is 2.43. The first-order chi connectivity index (χ1) is 24.7. The summed E-state index contributed by atoms with van der Waals surface area (Å²) in [5, 5.41) is 0. The molecule has 0 saturated carbocycles. The predicted molar refractivity (Wildman–Crippen MR) is 186 cm³/mol. The number of aromatic nitrogens is 2. The van der Waals surface area contributed by atoms with E-state index in [2.05, 4.69) is 9.97 Å². The minimum atomic E-state index is -4.90. The Bertz CT molecular complexity index is 2010. The summed E-state index contributed by atoms with van der Waals surface area (Å²) in [5.74, 6) is -2.04. The first kappa shape index (κ1) is 37.3. The Morgan fingerprint density at radius 3 is 2.38 bits per heavy atom. The average Bonchev–Trinajstić information content (AvgIpc) is 3.51. The number of hydrogen-bond donors (Lipinski definition) is 0. The van der Waals surface area contributed by atoms with E-state index in [4.69, 9.17) is 9.47 Å². The molecule has 0 amide bonds. The van der Waals surface area contributed by atoms with Crippen molar-refractivity contribution in [3.05, 3.63) is 101 Å². The van der Waals surface area contributed by atoms with Crippen molar-refractivity contribution >= 4 is 21.5 Å². The number of nitrogens with zero attached hydrogens (tertiary/aromatic N) is 5. The fraction of sp³-hybridized carbons (Fsp3) is 0.405. The normalized spacial score (nSPS) is 19.1. The number of alkyl halides is 3. The van der Waals surface area contributed by atoms with E-state index < -0.39 is 43.8 Å². The second-order valence-electron chi connectivity index (χ2n) is 13.5. The van der Waals surface area contributed by atoms with Crippen LogP contribution in [0.15, 0.2) is 72.0 Å². The van der Waals surface area contributed by atoms with Gasteiger partial charge in [-0.3, -0.25) is 0 Å². The maximum Gasteiger partial charge on any atom is 0.416 e. The molecule has 0 unspecified atom stereocenters. The smallest absolute Gasteiger partial charge is 0.416 e. The SMILES string of the molecule is COc1ccc(CN(c2ccncn2)S(=O)(=O)c2c(F)cc(N3CCC[C@@](C[C@@H]4CCc5ccc(C(F)(F)F)cc54)(N(C)C)C3)cc2F)c(OC)c1. The molecule has 52 heavy (non-hydrogen) atoms. The second kappa shape index (κ2) is 14.5. The average molecular weight is 746 g/mol. The van der Waals surface area contributed by atoms with Crippen LogP contribution < -0.4 is 18.7 Å². The molecule has 2 heterocycles. The molecule has 278 valence electrons. The van der Waals surface area contributed by atoms with E-state index in [9.17, 15) is 21.6 Å². The number of hydrogen-bond acceptors (Lipinski definition) is 8. The lowest BCUT2D eigenvalue weighted by molar-refractivity contribution is -0.137. The molecule has 1 fully saturated rings. The Balaban J connectivity index is 1.31. The highest BCUT2D eigenvalue weighted by molar-refractivity contribution is 7.92. The maximum absolute atomic E-state index is 16.2. The molecule has 2 atom stereocenters. The molecule has 9 nitrogen and oxygen atoms in total. The topological polar surface area (TPSA) is 88.1 Å². The summed E-state index contributed by atoms with van der Waals surface area (Å²) in [4.78, 5) is 10.6. The molecule has 1 aliphatic heterocycles. The number of piperidine rings is 1. The molecule has 4 aromatic rings. The van der Waals surface area contributed by atoms with Gasteiger partial charge in [-0.2, -0.15) is 13.2 Å². The number of rotatable bonds is 11. The molecule has 0 N–H and O–H groups in total. The van der Waals surface area contributed by atoms with E-state index in [0.717, 1.165) is 40.8 Å². The molecular weight excluding hydrogens is 705 g/mol. The van der Waals surface area contributed by atoms with Crippen molar-refractivity contribution in [3.63, 3.8) is 0 Å². The van der Waals surface area contributed by atoms with Gasteiger partial charge in [-0.15, -0.1) is 0 Å². The maximum atomic E-state index is 16.2. The zero-order valence-electron chi connectivity index (χ0n) is 29.3. The fourth-order valence-corrected chi connectivity index (χ4v) is 9.02. The molecule has 0 spiro atoms. The van der Waals surface area contributed by atoms with Gasteiger partial charge in [0.05, 0.1) is 26.3 Å². The van der Waals surface area contributed by atoms with Crippen LogP contribution in [0.5, 0.6) is 11.5 Å². The minimum Gasteiger partial charge on any atom is -0.497 e. The number of ether oxygens (including phenoxy) is 2. The van der Waals surface area contributed by atoms with Gasteiger partial charge in [-0.1, -0.05) is 6.07 Å². The lowest BCUT2D eigenvalue weighted by Crippen LogP contribution is -2.57. The Hall–Kier alpha value is -4.50. The highest BCUT2D eigenvalue weighted by Crippen LogP contribution is 2.45. The third-order valence-corrected chi connectivity index (χ3v) is 12.1. The van der Waals surface area contributed by atoms with E-state index >= 15 is 8.78 Å². The van der Waals surface area contributed by atoms with Gasteiger partial charge in [0.15, 0.2) is 4.90 Å². The molecule has 1 aromatic heterocycles. The third kappa shape index (κ3) is 7.25. The lowest BCUT2D eigenvalue weighted by atomic mass is 9.77. The molecule has 0 radical (unpaired) electrons. The summed E-state index contributed by atoms with van der Waals surface area (Å²) in [5.41, 5.74) is 0.941. The van der Waals surface area contributed by atoms with Crippen molar-refractivity contribution in [2.45, 2.75) is 61.2 Å². The highest BCUT2D eigenvalue weighted by atomic mass is 32.2. The van der Waals surface area contributed by atoms with Crippen LogP contribution in [-0.4, -0.2) is 70.2 Å². The first-order valence-corrected chi connectivity index (χ1v) is 18.2. The quantitative estimate of drug-likeness (QED) is 0.149. The van der Waals surface area contributed by atoms with Crippen LogP contribution in [0.1, 0.15) is 53.9 Å². The van der Waals surface area contributed by atoms with E-state index in [1.807, 2.05) is 23.9 Å². The zero-order chi connectivity index (χ0) is 37.4. The van der Waals surface area contributed by atoms with Gasteiger partial charge in [0, 0.05) is 48.2 Å². The summed E-state index contributed by atoms with van der Waals surface area (Å²) in [6.07, 6.45) is 1.29. The number of benzene rings is 3. The number of anilines is 2. The van der Waals surface area contributed by atoms with Gasteiger partial charge < -0.3 is 19.3 Å². The van der Waals surface area contributed by atoms with Crippen LogP contribution in [0, 0.1) is 11.6 Å². The van der Waals surface area contributed by atoms with Crippen molar-refractivity contribution < 1.29 is 39.8 Å². The van der Waals surface area contributed by atoms with Crippen LogP contribution in [0.3, 0.4) is 0 Å². The Labute approximate surface area is 300 Å². The standard InChI is InChI=1S/C37H40F5N5O4S/c1-45(2)36(20-25-7-6-24-8-10-27(16-30(24)25)37(40,41)42)13-5-15-46(22-36)28-17-31(38)35(32(39)18-28)52(48,49)47(34-12-14-43-23-44-34)21-26-9-11-29(50-3)19-33(26)51-4/h8-12,14,16-19,23,25H,5-7,13,15,20-22H2,1-4H3/t25-,36-/m0/s1. The van der Waals surface area contributed by atoms with Gasteiger partial charge in [0.2, 0.25) is 0 Å². The summed E-state index contributed by atoms with van der Waals surface area (Å²) in [6.45, 7) is 0.407. The molecular formula is C37H40F5N5O4S. The molecule has 1 aliphatic carbocycles. The van der Waals surface area contributed by atoms with Crippen LogP contribution in [0.25, 0.3) is 0 Å². The number of fused-ring (bicyclic) bond motifs is 1. The molecule has 15 heteroatoms. The van der Waals surface area contributed by atoms with Gasteiger partial charge in [0.25, 0.3) is 10.0 Å². The lowest BCUT2D eigenvalue weighted by Gasteiger charge is -2.49. The largest absolute Gasteiger partial charge is 0.497 e. The van der Waals surface area contributed by atoms with Crippen LogP contribution in [0.2, 0.25) is 0 Å². The molecule has 6 rings (SSSR count). The summed E-state index contributed by atoms with van der Waals surface area (Å²) in [6, 6.07) is 12.1. The minimum absolute atomic E-state index is 0.113. The van der Waals surface area contributed by atoms with Crippen LogP contribution in [0.4, 0.5) is 33.5 Å². The Morgan fingerprint density at radius 2 is 1.75 bits per heavy atom. The van der Waals surface area contributed by atoms with E-state index in [1.165, 1.54) is 32.5 Å². The van der Waals surface area contributed by atoms with E-state index in [0.29, 0.717) is 61.4 Å². The summed E-state index contributed by atoms with van der Waals surface area (Å²) >= 11 is 0. The van der Waals surface area contributed by atoms with Gasteiger partial charge in [-0.25, -0.2) is 31.5 Å². The fourth-order valence-electron chi connectivity index (χ4n) is 7.53. The summed E-state index contributed by atoms with van der Waals surface area (Å²) in [7, 11) is 1.79. The van der Waals surface area contributed by atoms with Gasteiger partial charge in [-0.05, 0) is 99.6 Å². The summed E-state index contributed by atoms with van der Waals surface area (Å²) < 4.78 is 113. The first-order valence-electron chi connectivity index (χ1n) is 16.8. The van der Waals surface area contributed by atoms with Gasteiger partial charge >= 0.3 is 6.18 Å². The van der Waals surface area contributed by atoms with E-state index in [1.54, 1.807) is 24.3 Å². The number of likely N-dealkylation sites (N-methyl/N-ethyl adjacent to an activating group) is 1. The molecule has 2 aliphatic rings. The number of aryl methyl sites for hydroxylation is 1. The van der Waals surface area contributed by atoms with Crippen molar-refractivity contribution in [1.29, 1.82) is 0 Å². The van der Waals surface area contributed by atoms with Crippen molar-refractivity contribution in [2.24, 2.45) is 0 Å². The number of methoxy groups -OCH3 is 2. The molecule has 1 saturated heterocycles. The Morgan fingerprint density at radius 1 is 1.00 bits per heavy atom. The molecule has 0 bridgehead atoms. The molecule has 3 aromatic carbocycles. The third-order valence-electron chi connectivity index (χ3n) is 10.3. The van der Waals surface area contributed by atoms with Crippen molar-refractivity contribution in [3.8, 4) is 11.5 Å². The number of sulfonamides is 1. The van der Waals surface area contributed by atoms with Crippen molar-refractivity contribution in [2.75, 3.05) is 50.6 Å².